The minimum absolute atomic E-state index is 0.183. The van der Waals surface area contributed by atoms with Crippen LogP contribution in [0.25, 0.3) is 0 Å². The number of anilines is 1. The Morgan fingerprint density at radius 2 is 2.00 bits per heavy atom. The van der Waals surface area contributed by atoms with Gasteiger partial charge in [-0.1, -0.05) is 19.4 Å². The summed E-state index contributed by atoms with van der Waals surface area (Å²) in [5.41, 5.74) is 0.901. The summed E-state index contributed by atoms with van der Waals surface area (Å²) in [6.07, 6.45) is 6.59. The van der Waals surface area contributed by atoms with Crippen LogP contribution in [0.3, 0.4) is 0 Å². The third-order valence-electron chi connectivity index (χ3n) is 4.47. The Morgan fingerprint density at radius 3 is 2.58 bits per heavy atom. The minimum atomic E-state index is -0.429. The molecule has 0 aliphatic heterocycles. The highest BCUT2D eigenvalue weighted by Gasteiger charge is 2.24. The molecule has 1 aliphatic carbocycles. The Labute approximate surface area is 114 Å². The van der Waals surface area contributed by atoms with E-state index in [0.717, 1.165) is 24.4 Å². The smallest absolute Gasteiger partial charge is 0.155 e. The van der Waals surface area contributed by atoms with Crippen LogP contribution >= 0.6 is 0 Å². The average molecular weight is 263 g/mol. The zero-order valence-electron chi connectivity index (χ0n) is 11.7. The van der Waals surface area contributed by atoms with Gasteiger partial charge in [-0.3, -0.25) is 4.79 Å². The molecule has 0 saturated heterocycles. The molecular formula is C16H22FNO. The average Bonchev–Trinajstić information content (AvgIpc) is 2.46. The number of hydrogen-bond acceptors (Lipinski definition) is 2. The summed E-state index contributed by atoms with van der Waals surface area (Å²) in [7, 11) is 1.97. The summed E-state index contributed by atoms with van der Waals surface area (Å²) >= 11 is 0. The normalized spacial score (nSPS) is 23.1. The van der Waals surface area contributed by atoms with Gasteiger partial charge in [0.25, 0.3) is 0 Å². The van der Waals surface area contributed by atoms with Crippen molar-refractivity contribution in [1.29, 1.82) is 0 Å². The van der Waals surface area contributed by atoms with Crippen molar-refractivity contribution >= 4 is 12.0 Å². The molecule has 3 heteroatoms. The van der Waals surface area contributed by atoms with Crippen molar-refractivity contribution < 1.29 is 9.18 Å². The molecule has 0 amide bonds. The van der Waals surface area contributed by atoms with Gasteiger partial charge < -0.3 is 4.90 Å². The number of hydrogen-bond donors (Lipinski definition) is 0. The van der Waals surface area contributed by atoms with Crippen molar-refractivity contribution in [1.82, 2.24) is 0 Å². The van der Waals surface area contributed by atoms with E-state index in [2.05, 4.69) is 11.8 Å². The Morgan fingerprint density at radius 1 is 1.32 bits per heavy atom. The van der Waals surface area contributed by atoms with E-state index < -0.39 is 5.82 Å². The number of benzene rings is 1. The molecule has 104 valence electrons. The quantitative estimate of drug-likeness (QED) is 0.764. The van der Waals surface area contributed by atoms with Crippen molar-refractivity contribution in [3.8, 4) is 0 Å². The highest BCUT2D eigenvalue weighted by Crippen LogP contribution is 2.32. The standard InChI is InChI=1S/C16H22FNO/c1-3-12-7-9-13(10-8-12)18(2)16-6-4-5-15(17)14(16)11-19/h4-6,11-13H,3,7-10H2,1-2H3. The van der Waals surface area contributed by atoms with E-state index >= 15 is 0 Å². The molecular weight excluding hydrogens is 241 g/mol. The van der Waals surface area contributed by atoms with Crippen molar-refractivity contribution in [2.75, 3.05) is 11.9 Å². The van der Waals surface area contributed by atoms with E-state index in [1.807, 2.05) is 13.1 Å². The molecule has 1 aromatic rings. The largest absolute Gasteiger partial charge is 0.371 e. The molecule has 2 nitrogen and oxygen atoms in total. The molecule has 2 rings (SSSR count). The SMILES string of the molecule is CCC1CCC(N(C)c2cccc(F)c2C=O)CC1. The Hall–Kier alpha value is -1.38. The minimum Gasteiger partial charge on any atom is -0.371 e. The zero-order valence-corrected chi connectivity index (χ0v) is 11.7. The highest BCUT2D eigenvalue weighted by atomic mass is 19.1. The molecule has 0 N–H and O–H groups in total. The van der Waals surface area contributed by atoms with E-state index in [-0.39, 0.29) is 5.56 Å². The van der Waals surface area contributed by atoms with Crippen LogP contribution in [0.1, 0.15) is 49.4 Å². The van der Waals surface area contributed by atoms with Gasteiger partial charge in [0.05, 0.1) is 11.3 Å². The Kier molecular flexibility index (Phi) is 4.56. The van der Waals surface area contributed by atoms with Crippen LogP contribution in [-0.2, 0) is 0 Å². The van der Waals surface area contributed by atoms with Crippen LogP contribution in [0.2, 0.25) is 0 Å². The molecule has 0 unspecified atom stereocenters. The maximum absolute atomic E-state index is 13.6. The lowest BCUT2D eigenvalue weighted by Crippen LogP contribution is -2.35. The number of nitrogens with zero attached hydrogens (tertiary/aromatic N) is 1. The number of carbonyl (C=O) groups is 1. The van der Waals surface area contributed by atoms with E-state index in [1.165, 1.54) is 25.3 Å². The molecule has 0 atom stereocenters. The fourth-order valence-corrected chi connectivity index (χ4v) is 3.09. The molecule has 0 heterocycles. The maximum atomic E-state index is 13.6. The Balaban J connectivity index is 2.14. The fraction of sp³-hybridized carbons (Fsp3) is 0.562. The predicted octanol–water partition coefficient (Wildman–Crippen LogP) is 4.04. The van der Waals surface area contributed by atoms with Gasteiger partial charge >= 0.3 is 0 Å². The highest BCUT2D eigenvalue weighted by molar-refractivity contribution is 5.85. The van der Waals surface area contributed by atoms with Gasteiger partial charge in [0, 0.05) is 13.1 Å². The van der Waals surface area contributed by atoms with Gasteiger partial charge in [0.15, 0.2) is 6.29 Å². The van der Waals surface area contributed by atoms with Crippen molar-refractivity contribution in [3.63, 3.8) is 0 Å². The third kappa shape index (κ3) is 2.96. The van der Waals surface area contributed by atoms with Crippen molar-refractivity contribution in [2.24, 2.45) is 5.92 Å². The number of carbonyl (C=O) groups excluding carboxylic acids is 1. The van der Waals surface area contributed by atoms with Crippen LogP contribution < -0.4 is 4.90 Å². The van der Waals surface area contributed by atoms with E-state index in [0.29, 0.717) is 12.3 Å². The van der Waals surface area contributed by atoms with Crippen LogP contribution in [0, 0.1) is 11.7 Å². The second-order valence-corrected chi connectivity index (χ2v) is 5.48. The number of halogens is 1. The van der Waals surface area contributed by atoms with Gasteiger partial charge in [0.1, 0.15) is 5.82 Å². The summed E-state index contributed by atoms with van der Waals surface area (Å²) in [6.45, 7) is 2.24. The lowest BCUT2D eigenvalue weighted by molar-refractivity contribution is 0.112. The zero-order chi connectivity index (χ0) is 13.8. The second kappa shape index (κ2) is 6.18. The summed E-state index contributed by atoms with van der Waals surface area (Å²) in [6, 6.07) is 5.27. The first kappa shape index (κ1) is 14.0. The Bertz CT molecular complexity index is 438. The molecule has 0 bridgehead atoms. The first-order chi connectivity index (χ1) is 9.17. The monoisotopic (exact) mass is 263 g/mol. The van der Waals surface area contributed by atoms with Crippen molar-refractivity contribution in [2.45, 2.75) is 45.1 Å². The van der Waals surface area contributed by atoms with E-state index in [1.54, 1.807) is 6.07 Å². The van der Waals surface area contributed by atoms with Gasteiger partial charge in [-0.2, -0.15) is 0 Å². The molecule has 1 aliphatic rings. The van der Waals surface area contributed by atoms with Crippen LogP contribution in [0.4, 0.5) is 10.1 Å². The molecule has 0 radical (unpaired) electrons. The lowest BCUT2D eigenvalue weighted by Gasteiger charge is -2.36. The maximum Gasteiger partial charge on any atom is 0.155 e. The molecule has 19 heavy (non-hydrogen) atoms. The van der Waals surface area contributed by atoms with Gasteiger partial charge in [-0.15, -0.1) is 0 Å². The third-order valence-corrected chi connectivity index (χ3v) is 4.47. The summed E-state index contributed by atoms with van der Waals surface area (Å²) in [4.78, 5) is 13.1. The predicted molar refractivity (Wildman–Crippen MR) is 76.2 cm³/mol. The topological polar surface area (TPSA) is 20.3 Å². The van der Waals surface area contributed by atoms with Crippen molar-refractivity contribution in [3.05, 3.63) is 29.6 Å². The first-order valence-electron chi connectivity index (χ1n) is 7.13. The van der Waals surface area contributed by atoms with Crippen LogP contribution in [-0.4, -0.2) is 19.4 Å². The molecule has 1 aromatic carbocycles. The molecule has 0 spiro atoms. The molecule has 0 aromatic heterocycles. The number of aldehydes is 1. The summed E-state index contributed by atoms with van der Waals surface area (Å²) < 4.78 is 13.6. The van der Waals surface area contributed by atoms with E-state index in [4.69, 9.17) is 0 Å². The molecule has 1 fully saturated rings. The van der Waals surface area contributed by atoms with Gasteiger partial charge in [-0.25, -0.2) is 4.39 Å². The van der Waals surface area contributed by atoms with Gasteiger partial charge in [-0.05, 0) is 43.7 Å². The van der Waals surface area contributed by atoms with Crippen LogP contribution in [0.15, 0.2) is 18.2 Å². The lowest BCUT2D eigenvalue weighted by atomic mass is 9.84. The van der Waals surface area contributed by atoms with Crippen LogP contribution in [0.5, 0.6) is 0 Å². The van der Waals surface area contributed by atoms with E-state index in [9.17, 15) is 9.18 Å². The summed E-state index contributed by atoms with van der Waals surface area (Å²) in [5, 5.41) is 0. The second-order valence-electron chi connectivity index (χ2n) is 5.48. The van der Waals surface area contributed by atoms with Gasteiger partial charge in [0.2, 0.25) is 0 Å². The molecule has 1 saturated carbocycles. The fourth-order valence-electron chi connectivity index (χ4n) is 3.09. The summed E-state index contributed by atoms with van der Waals surface area (Å²) in [5.74, 6) is 0.407. The first-order valence-corrected chi connectivity index (χ1v) is 7.13. The number of rotatable bonds is 4.